The van der Waals surface area contributed by atoms with E-state index in [2.05, 4.69) is 9.97 Å². The Bertz CT molecular complexity index is 1080. The van der Waals surface area contributed by atoms with Crippen LogP contribution in [-0.4, -0.2) is 15.1 Å². The Kier molecular flexibility index (Phi) is 3.35. The minimum Gasteiger partial charge on any atom is -0.508 e. The van der Waals surface area contributed by atoms with Gasteiger partial charge in [0.25, 0.3) is 5.56 Å². The highest BCUT2D eigenvalue weighted by Crippen LogP contribution is 2.25. The Labute approximate surface area is 138 Å². The molecule has 0 aliphatic rings. The summed E-state index contributed by atoms with van der Waals surface area (Å²) in [6.45, 7) is 0. The van der Waals surface area contributed by atoms with E-state index < -0.39 is 0 Å². The lowest BCUT2D eigenvalue weighted by molar-refractivity contribution is 0.475. The number of hydrogen-bond acceptors (Lipinski definition) is 3. The van der Waals surface area contributed by atoms with Crippen LogP contribution in [0.4, 0.5) is 0 Å². The monoisotopic (exact) mass is 314 g/mol. The van der Waals surface area contributed by atoms with Crippen molar-refractivity contribution >= 4 is 10.9 Å². The van der Waals surface area contributed by atoms with Crippen molar-refractivity contribution in [1.82, 2.24) is 9.97 Å². The van der Waals surface area contributed by atoms with Gasteiger partial charge in [0.1, 0.15) is 11.6 Å². The normalized spacial score (nSPS) is 10.8. The first-order valence-corrected chi connectivity index (χ1v) is 7.60. The molecule has 4 nitrogen and oxygen atoms in total. The molecular formula is C20H14N2O2. The van der Waals surface area contributed by atoms with Crippen molar-refractivity contribution < 1.29 is 5.11 Å². The first-order chi connectivity index (χ1) is 11.7. The SMILES string of the molecule is O=c1[nH]c(-c2ccc(-c3cccc(O)c3)cc2)nc2ccccc12. The van der Waals surface area contributed by atoms with Crippen LogP contribution in [0.5, 0.6) is 5.75 Å². The van der Waals surface area contributed by atoms with E-state index in [0.29, 0.717) is 16.7 Å². The molecule has 4 heteroatoms. The van der Waals surface area contributed by atoms with Gasteiger partial charge in [-0.15, -0.1) is 0 Å². The number of phenols is 1. The fourth-order valence-corrected chi connectivity index (χ4v) is 2.73. The van der Waals surface area contributed by atoms with Crippen LogP contribution in [0.2, 0.25) is 0 Å². The number of nitrogens with zero attached hydrogens (tertiary/aromatic N) is 1. The lowest BCUT2D eigenvalue weighted by atomic mass is 10.0. The number of nitrogens with one attached hydrogen (secondary N) is 1. The van der Waals surface area contributed by atoms with Crippen molar-refractivity contribution in [3.05, 3.63) is 83.2 Å². The molecule has 0 bridgehead atoms. The van der Waals surface area contributed by atoms with Gasteiger partial charge in [-0.1, -0.05) is 48.5 Å². The predicted octanol–water partition coefficient (Wildman–Crippen LogP) is 3.96. The van der Waals surface area contributed by atoms with Gasteiger partial charge in [0.15, 0.2) is 0 Å². The van der Waals surface area contributed by atoms with Gasteiger partial charge in [-0.05, 0) is 35.4 Å². The topological polar surface area (TPSA) is 66.0 Å². The zero-order valence-electron chi connectivity index (χ0n) is 12.7. The van der Waals surface area contributed by atoms with Crippen LogP contribution < -0.4 is 5.56 Å². The fourth-order valence-electron chi connectivity index (χ4n) is 2.73. The summed E-state index contributed by atoms with van der Waals surface area (Å²) in [4.78, 5) is 19.5. The predicted molar refractivity (Wildman–Crippen MR) is 94.9 cm³/mol. The van der Waals surface area contributed by atoms with E-state index in [1.165, 1.54) is 0 Å². The van der Waals surface area contributed by atoms with Crippen molar-refractivity contribution in [2.24, 2.45) is 0 Å². The van der Waals surface area contributed by atoms with Crippen molar-refractivity contribution in [3.8, 4) is 28.3 Å². The minimum absolute atomic E-state index is 0.146. The Hall–Kier alpha value is -3.40. The third-order valence-electron chi connectivity index (χ3n) is 3.95. The molecule has 1 heterocycles. The van der Waals surface area contributed by atoms with Gasteiger partial charge in [-0.2, -0.15) is 0 Å². The Morgan fingerprint density at radius 1 is 0.792 bits per heavy atom. The van der Waals surface area contributed by atoms with Crippen molar-refractivity contribution in [2.75, 3.05) is 0 Å². The molecule has 0 atom stereocenters. The van der Waals surface area contributed by atoms with Gasteiger partial charge in [0.05, 0.1) is 10.9 Å². The Balaban J connectivity index is 1.77. The first-order valence-electron chi connectivity index (χ1n) is 7.60. The van der Waals surface area contributed by atoms with Crippen LogP contribution in [0.15, 0.2) is 77.6 Å². The van der Waals surface area contributed by atoms with E-state index in [0.717, 1.165) is 16.7 Å². The molecule has 0 spiro atoms. The van der Waals surface area contributed by atoms with Gasteiger partial charge >= 0.3 is 0 Å². The molecule has 4 aromatic rings. The van der Waals surface area contributed by atoms with Gasteiger partial charge < -0.3 is 10.1 Å². The van der Waals surface area contributed by atoms with Crippen molar-refractivity contribution in [1.29, 1.82) is 0 Å². The number of rotatable bonds is 2. The summed E-state index contributed by atoms with van der Waals surface area (Å²) in [5.41, 5.74) is 3.28. The lowest BCUT2D eigenvalue weighted by Crippen LogP contribution is -2.09. The third kappa shape index (κ3) is 2.54. The van der Waals surface area contributed by atoms with Crippen LogP contribution in [-0.2, 0) is 0 Å². The van der Waals surface area contributed by atoms with Crippen LogP contribution >= 0.6 is 0 Å². The minimum atomic E-state index is -0.146. The highest BCUT2D eigenvalue weighted by atomic mass is 16.3. The first kappa shape index (κ1) is 14.2. The summed E-state index contributed by atoms with van der Waals surface area (Å²) in [6.07, 6.45) is 0. The summed E-state index contributed by atoms with van der Waals surface area (Å²) in [6, 6.07) is 22.1. The summed E-state index contributed by atoms with van der Waals surface area (Å²) in [5, 5.41) is 10.2. The van der Waals surface area contributed by atoms with Crippen molar-refractivity contribution in [3.63, 3.8) is 0 Å². The number of benzene rings is 3. The average Bonchev–Trinajstić information content (AvgIpc) is 2.62. The summed E-state index contributed by atoms with van der Waals surface area (Å²) in [7, 11) is 0. The smallest absolute Gasteiger partial charge is 0.259 e. The highest BCUT2D eigenvalue weighted by molar-refractivity contribution is 5.79. The Morgan fingerprint density at radius 2 is 1.54 bits per heavy atom. The zero-order chi connectivity index (χ0) is 16.5. The van der Waals surface area contributed by atoms with E-state index in [9.17, 15) is 9.90 Å². The highest BCUT2D eigenvalue weighted by Gasteiger charge is 2.06. The second kappa shape index (κ2) is 5.66. The molecule has 0 saturated carbocycles. The Morgan fingerprint density at radius 3 is 2.33 bits per heavy atom. The molecular weight excluding hydrogens is 300 g/mol. The fraction of sp³-hybridized carbons (Fsp3) is 0. The van der Waals surface area contributed by atoms with Crippen LogP contribution in [0.1, 0.15) is 0 Å². The van der Waals surface area contributed by atoms with Crippen molar-refractivity contribution in [2.45, 2.75) is 0 Å². The summed E-state index contributed by atoms with van der Waals surface area (Å²) >= 11 is 0. The lowest BCUT2D eigenvalue weighted by Gasteiger charge is -2.06. The number of para-hydroxylation sites is 1. The molecule has 4 rings (SSSR count). The molecule has 24 heavy (non-hydrogen) atoms. The maximum Gasteiger partial charge on any atom is 0.259 e. The third-order valence-corrected chi connectivity index (χ3v) is 3.95. The average molecular weight is 314 g/mol. The maximum atomic E-state index is 12.2. The molecule has 0 radical (unpaired) electrons. The van der Waals surface area contributed by atoms with E-state index in [-0.39, 0.29) is 11.3 Å². The van der Waals surface area contributed by atoms with Gasteiger partial charge in [0, 0.05) is 5.56 Å². The van der Waals surface area contributed by atoms with E-state index in [1.807, 2.05) is 48.5 Å². The number of hydrogen-bond donors (Lipinski definition) is 2. The van der Waals surface area contributed by atoms with Crippen LogP contribution in [0.3, 0.4) is 0 Å². The largest absolute Gasteiger partial charge is 0.508 e. The van der Waals surface area contributed by atoms with Gasteiger partial charge in [-0.25, -0.2) is 4.98 Å². The quantitative estimate of drug-likeness (QED) is 0.588. The number of fused-ring (bicyclic) bond motifs is 1. The number of aromatic nitrogens is 2. The van der Waals surface area contributed by atoms with Crippen LogP contribution in [0, 0.1) is 0 Å². The van der Waals surface area contributed by atoms with E-state index in [4.69, 9.17) is 0 Å². The molecule has 1 aromatic heterocycles. The second-order valence-corrected chi connectivity index (χ2v) is 5.56. The molecule has 0 unspecified atom stereocenters. The molecule has 0 saturated heterocycles. The summed E-state index contributed by atoms with van der Waals surface area (Å²) in [5.74, 6) is 0.776. The number of phenolic OH excluding ortho intramolecular Hbond substituents is 1. The number of H-pyrrole nitrogens is 1. The van der Waals surface area contributed by atoms with Gasteiger partial charge in [-0.3, -0.25) is 4.79 Å². The number of aromatic amines is 1. The molecule has 0 aliphatic heterocycles. The molecule has 2 N–H and O–H groups in total. The molecule has 0 amide bonds. The summed E-state index contributed by atoms with van der Waals surface area (Å²) < 4.78 is 0. The number of aromatic hydroxyl groups is 1. The molecule has 0 aliphatic carbocycles. The molecule has 3 aromatic carbocycles. The van der Waals surface area contributed by atoms with E-state index in [1.54, 1.807) is 24.3 Å². The second-order valence-electron chi connectivity index (χ2n) is 5.56. The zero-order valence-corrected chi connectivity index (χ0v) is 12.7. The molecule has 116 valence electrons. The standard InChI is InChI=1S/C20H14N2O2/c23-16-5-3-4-15(12-16)13-8-10-14(11-9-13)19-21-18-7-2-1-6-17(18)20(24)22-19/h1-12,23H,(H,21,22,24). The van der Waals surface area contributed by atoms with Crippen LogP contribution in [0.25, 0.3) is 33.4 Å². The molecule has 0 fully saturated rings. The van der Waals surface area contributed by atoms with E-state index >= 15 is 0 Å². The van der Waals surface area contributed by atoms with Gasteiger partial charge in [0.2, 0.25) is 0 Å². The maximum absolute atomic E-state index is 12.2.